The van der Waals surface area contributed by atoms with Gasteiger partial charge in [0.15, 0.2) is 0 Å². The second-order valence-corrected chi connectivity index (χ2v) is 12.5. The summed E-state index contributed by atoms with van der Waals surface area (Å²) >= 11 is 0. The highest BCUT2D eigenvalue weighted by atomic mass is 32.2. The van der Waals surface area contributed by atoms with E-state index in [2.05, 4.69) is 10.3 Å². The predicted octanol–water partition coefficient (Wildman–Crippen LogP) is 6.51. The third-order valence-corrected chi connectivity index (χ3v) is 8.86. The number of alkyl halides is 2. The van der Waals surface area contributed by atoms with E-state index in [0.29, 0.717) is 11.1 Å². The van der Waals surface area contributed by atoms with Crippen molar-refractivity contribution >= 4 is 43.5 Å². The lowest BCUT2D eigenvalue weighted by Gasteiger charge is -2.21. The number of halogens is 4. The quantitative estimate of drug-likeness (QED) is 0.191. The molecular weight excluding hydrogens is 628 g/mol. The molecule has 14 heteroatoms. The Morgan fingerprint density at radius 1 is 0.978 bits per heavy atom. The van der Waals surface area contributed by atoms with Crippen molar-refractivity contribution in [3.8, 4) is 33.7 Å². The van der Waals surface area contributed by atoms with E-state index in [1.807, 2.05) is 0 Å². The van der Waals surface area contributed by atoms with Gasteiger partial charge in [-0.2, -0.15) is 8.78 Å². The van der Waals surface area contributed by atoms with Crippen LogP contribution in [0.4, 0.5) is 23.2 Å². The van der Waals surface area contributed by atoms with Crippen molar-refractivity contribution in [1.29, 1.82) is 0 Å². The van der Waals surface area contributed by atoms with Crippen LogP contribution in [0.1, 0.15) is 16.9 Å². The standard InChI is InChI=1S/C32H24F4N4O5S/c1-37-30(41)28-22-12-19(26(39(2)46(3,43)44)14-27(22)45-29(28)16-7-9-18(33)10-8-16)17-11-21(31(42)40(15-17)32(35)36)25-13-20-23(34)5-4-6-24(20)38-25/h4-15,32,38H,1-3H3,(H,37,41). The Morgan fingerprint density at radius 2 is 1.70 bits per heavy atom. The number of nitrogens with one attached hydrogen (secondary N) is 2. The number of furan rings is 1. The molecule has 1 amide bonds. The van der Waals surface area contributed by atoms with Gasteiger partial charge in [0.2, 0.25) is 10.0 Å². The van der Waals surface area contributed by atoms with Crippen molar-refractivity contribution in [3.63, 3.8) is 0 Å². The van der Waals surface area contributed by atoms with Crippen LogP contribution in [-0.4, -0.2) is 44.2 Å². The van der Waals surface area contributed by atoms with E-state index >= 15 is 0 Å². The minimum absolute atomic E-state index is 0.0196. The zero-order chi connectivity index (χ0) is 33.1. The van der Waals surface area contributed by atoms with Gasteiger partial charge in [0.1, 0.15) is 23.0 Å². The van der Waals surface area contributed by atoms with Crippen molar-refractivity contribution in [2.24, 2.45) is 0 Å². The number of hydrogen-bond acceptors (Lipinski definition) is 5. The Labute approximate surface area is 258 Å². The normalized spacial score (nSPS) is 11.9. The first-order valence-corrected chi connectivity index (χ1v) is 15.5. The summed E-state index contributed by atoms with van der Waals surface area (Å²) in [5.74, 6) is -1.65. The molecule has 0 aliphatic heterocycles. The molecule has 0 saturated carbocycles. The maximum atomic E-state index is 14.5. The Bertz CT molecular complexity index is 2350. The SMILES string of the molecule is CNC(=O)c1c(-c2ccc(F)cc2)oc2cc(N(C)S(C)(=O)=O)c(-c3cc(-c4cc5c(F)cccc5[nH]4)c(=O)n(C(F)F)c3)cc12. The molecule has 6 rings (SSSR count). The van der Waals surface area contributed by atoms with Crippen molar-refractivity contribution in [2.45, 2.75) is 6.55 Å². The van der Waals surface area contributed by atoms with Gasteiger partial charge in [0.05, 0.1) is 28.8 Å². The zero-order valence-electron chi connectivity index (χ0n) is 24.4. The number of rotatable bonds is 7. The molecule has 0 bridgehead atoms. The van der Waals surface area contributed by atoms with Gasteiger partial charge in [-0.05, 0) is 54.6 Å². The molecule has 0 aliphatic rings. The minimum Gasteiger partial charge on any atom is -0.455 e. The lowest BCUT2D eigenvalue weighted by Crippen LogP contribution is -2.26. The van der Waals surface area contributed by atoms with E-state index in [-0.39, 0.29) is 60.3 Å². The molecule has 0 fully saturated rings. The van der Waals surface area contributed by atoms with Crippen LogP contribution in [0.5, 0.6) is 0 Å². The van der Waals surface area contributed by atoms with Gasteiger partial charge in [-0.1, -0.05) is 6.07 Å². The van der Waals surface area contributed by atoms with Gasteiger partial charge in [0.25, 0.3) is 11.5 Å². The molecule has 0 radical (unpaired) electrons. The van der Waals surface area contributed by atoms with E-state index in [1.165, 1.54) is 74.8 Å². The fraction of sp³-hybridized carbons (Fsp3) is 0.125. The molecule has 0 spiro atoms. The van der Waals surface area contributed by atoms with Crippen LogP contribution in [0.2, 0.25) is 0 Å². The molecule has 3 aromatic heterocycles. The molecule has 46 heavy (non-hydrogen) atoms. The monoisotopic (exact) mass is 652 g/mol. The van der Waals surface area contributed by atoms with E-state index < -0.39 is 39.7 Å². The molecule has 236 valence electrons. The smallest absolute Gasteiger partial charge is 0.321 e. The number of carbonyl (C=O) groups is 1. The first-order chi connectivity index (χ1) is 21.8. The number of sulfonamides is 1. The number of fused-ring (bicyclic) bond motifs is 2. The molecule has 2 N–H and O–H groups in total. The second kappa shape index (κ2) is 11.2. The number of aromatic amines is 1. The average molecular weight is 653 g/mol. The number of anilines is 1. The van der Waals surface area contributed by atoms with E-state index in [1.54, 1.807) is 6.07 Å². The summed E-state index contributed by atoms with van der Waals surface area (Å²) in [6, 6.07) is 14.7. The summed E-state index contributed by atoms with van der Waals surface area (Å²) in [7, 11) is -1.32. The van der Waals surface area contributed by atoms with Crippen molar-refractivity contribution in [1.82, 2.24) is 14.9 Å². The number of hydrogen-bond donors (Lipinski definition) is 2. The molecule has 3 heterocycles. The van der Waals surface area contributed by atoms with Crippen LogP contribution in [-0.2, 0) is 10.0 Å². The van der Waals surface area contributed by atoms with Crippen molar-refractivity contribution in [3.05, 3.63) is 100 Å². The summed E-state index contributed by atoms with van der Waals surface area (Å²) < 4.78 is 89.5. The lowest BCUT2D eigenvalue weighted by atomic mass is 9.98. The molecule has 9 nitrogen and oxygen atoms in total. The van der Waals surface area contributed by atoms with Crippen LogP contribution in [0, 0.1) is 11.6 Å². The first-order valence-electron chi connectivity index (χ1n) is 13.6. The number of carbonyl (C=O) groups excluding carboxylic acids is 1. The summed E-state index contributed by atoms with van der Waals surface area (Å²) in [4.78, 5) is 29.4. The van der Waals surface area contributed by atoms with Crippen LogP contribution in [0.3, 0.4) is 0 Å². The third-order valence-electron chi connectivity index (χ3n) is 7.67. The van der Waals surface area contributed by atoms with Crippen molar-refractivity contribution in [2.75, 3.05) is 24.7 Å². The van der Waals surface area contributed by atoms with Gasteiger partial charge in [-0.3, -0.25) is 18.5 Å². The fourth-order valence-electron chi connectivity index (χ4n) is 5.31. The summed E-state index contributed by atoms with van der Waals surface area (Å²) in [6.45, 7) is -3.30. The van der Waals surface area contributed by atoms with Crippen LogP contribution >= 0.6 is 0 Å². The number of nitrogens with zero attached hydrogens (tertiary/aromatic N) is 2. The summed E-state index contributed by atoms with van der Waals surface area (Å²) in [5.41, 5.74) is -0.513. The van der Waals surface area contributed by atoms with Gasteiger partial charge < -0.3 is 14.7 Å². The highest BCUT2D eigenvalue weighted by Gasteiger charge is 2.27. The van der Waals surface area contributed by atoms with E-state index in [9.17, 15) is 35.6 Å². The Morgan fingerprint density at radius 3 is 2.33 bits per heavy atom. The van der Waals surface area contributed by atoms with Gasteiger partial charge in [0, 0.05) is 59.3 Å². The average Bonchev–Trinajstić information content (AvgIpc) is 3.62. The third kappa shape index (κ3) is 5.19. The Kier molecular flexibility index (Phi) is 7.47. The highest BCUT2D eigenvalue weighted by Crippen LogP contribution is 2.42. The Balaban J connectivity index is 1.69. The second-order valence-electron chi connectivity index (χ2n) is 10.5. The van der Waals surface area contributed by atoms with Crippen LogP contribution in [0.25, 0.3) is 55.6 Å². The Hall–Kier alpha value is -5.37. The minimum atomic E-state index is -3.95. The van der Waals surface area contributed by atoms with Gasteiger partial charge >= 0.3 is 6.55 Å². The predicted molar refractivity (Wildman–Crippen MR) is 166 cm³/mol. The molecule has 0 unspecified atom stereocenters. The number of benzene rings is 3. The van der Waals surface area contributed by atoms with Gasteiger partial charge in [-0.25, -0.2) is 17.2 Å². The maximum absolute atomic E-state index is 14.5. The molecule has 0 saturated heterocycles. The lowest BCUT2D eigenvalue weighted by molar-refractivity contribution is 0.0666. The van der Waals surface area contributed by atoms with E-state index in [4.69, 9.17) is 4.42 Å². The topological polar surface area (TPSA) is 117 Å². The molecular formula is C32H24F4N4O5S. The molecule has 0 aliphatic carbocycles. The fourth-order valence-corrected chi connectivity index (χ4v) is 5.82. The zero-order valence-corrected chi connectivity index (χ0v) is 25.2. The van der Waals surface area contributed by atoms with Crippen molar-refractivity contribution < 1.29 is 35.2 Å². The molecule has 3 aromatic carbocycles. The van der Waals surface area contributed by atoms with Crippen LogP contribution in [0.15, 0.2) is 82.1 Å². The van der Waals surface area contributed by atoms with E-state index in [0.717, 1.165) is 16.8 Å². The largest absolute Gasteiger partial charge is 0.455 e. The number of amides is 1. The summed E-state index contributed by atoms with van der Waals surface area (Å²) in [5, 5.41) is 2.84. The summed E-state index contributed by atoms with van der Waals surface area (Å²) in [6.07, 6.45) is 1.81. The highest BCUT2D eigenvalue weighted by molar-refractivity contribution is 7.92. The maximum Gasteiger partial charge on any atom is 0.321 e. The van der Waals surface area contributed by atoms with Crippen LogP contribution < -0.4 is 15.2 Å². The van der Waals surface area contributed by atoms with Gasteiger partial charge in [-0.15, -0.1) is 0 Å². The number of aromatic nitrogens is 2. The molecule has 6 aromatic rings. The number of pyridine rings is 1. The first kappa shape index (κ1) is 30.6. The molecule has 0 atom stereocenters. The number of H-pyrrole nitrogens is 1.